The molecule has 27 heavy (non-hydrogen) atoms. The summed E-state index contributed by atoms with van der Waals surface area (Å²) >= 11 is 0. The minimum absolute atomic E-state index is 0.369. The second kappa shape index (κ2) is 10.1. The molecule has 0 bridgehead atoms. The Kier molecular flexibility index (Phi) is 8.11. The normalized spacial score (nSPS) is 21.0. The van der Waals surface area contributed by atoms with Crippen LogP contribution in [0.25, 0.3) is 0 Å². The van der Waals surface area contributed by atoms with Crippen LogP contribution in [-0.4, -0.2) is 6.36 Å². The molecule has 1 nitrogen and oxygen atoms in total. The van der Waals surface area contributed by atoms with Crippen molar-refractivity contribution >= 4 is 0 Å². The van der Waals surface area contributed by atoms with E-state index in [0.29, 0.717) is 17.9 Å². The summed E-state index contributed by atoms with van der Waals surface area (Å²) in [6.07, 6.45) is 8.56. The summed E-state index contributed by atoms with van der Waals surface area (Å²) in [5, 5.41) is 0. The Balaban J connectivity index is 1.79. The van der Waals surface area contributed by atoms with E-state index in [1.807, 2.05) is 6.92 Å². The largest absolute Gasteiger partial charge is 0.573 e. The molecular formula is C21H27F5O. The molecule has 0 spiro atoms. The maximum atomic E-state index is 13.8. The first-order chi connectivity index (χ1) is 12.8. The molecule has 0 aromatic heterocycles. The zero-order valence-corrected chi connectivity index (χ0v) is 15.6. The lowest BCUT2D eigenvalue weighted by Crippen LogP contribution is -2.19. The van der Waals surface area contributed by atoms with E-state index in [9.17, 15) is 22.0 Å². The standard InChI is InChI=1S/C21H27F5O/c1-2-3-4-5-6-15-7-9-16(10-8-15)11-12-17-13-18(22)20(19(23)14-17)27-21(24,25)26/h2-3,13-16H,4-12H2,1H3/b3-2+. The second-order valence-corrected chi connectivity index (χ2v) is 7.36. The van der Waals surface area contributed by atoms with Gasteiger partial charge in [-0.25, -0.2) is 8.78 Å². The van der Waals surface area contributed by atoms with Gasteiger partial charge in [0.2, 0.25) is 5.75 Å². The molecule has 0 radical (unpaired) electrons. The fourth-order valence-corrected chi connectivity index (χ4v) is 3.84. The summed E-state index contributed by atoms with van der Waals surface area (Å²) in [6, 6.07) is 1.88. The lowest BCUT2D eigenvalue weighted by molar-refractivity contribution is -0.276. The molecule has 1 aromatic carbocycles. The van der Waals surface area contributed by atoms with Crippen LogP contribution in [0.15, 0.2) is 24.3 Å². The molecule has 1 aromatic rings. The number of allylic oxidation sites excluding steroid dienone is 2. The molecule has 6 heteroatoms. The van der Waals surface area contributed by atoms with Crippen molar-refractivity contribution in [2.45, 2.75) is 71.1 Å². The van der Waals surface area contributed by atoms with E-state index in [0.717, 1.165) is 43.7 Å². The van der Waals surface area contributed by atoms with Crippen molar-refractivity contribution in [3.05, 3.63) is 41.5 Å². The first-order valence-corrected chi connectivity index (χ1v) is 9.63. The van der Waals surface area contributed by atoms with E-state index in [1.165, 1.54) is 25.7 Å². The van der Waals surface area contributed by atoms with E-state index in [1.54, 1.807) is 0 Å². The summed E-state index contributed by atoms with van der Waals surface area (Å²) in [4.78, 5) is 0. The highest BCUT2D eigenvalue weighted by Crippen LogP contribution is 2.35. The first-order valence-electron chi connectivity index (χ1n) is 9.63. The highest BCUT2D eigenvalue weighted by molar-refractivity contribution is 5.31. The lowest BCUT2D eigenvalue weighted by atomic mass is 9.78. The van der Waals surface area contributed by atoms with Gasteiger partial charge < -0.3 is 4.74 Å². The SMILES string of the molecule is C/C=C/CCCC1CCC(CCc2cc(F)c(OC(F)(F)F)c(F)c2)CC1. The Labute approximate surface area is 157 Å². The van der Waals surface area contributed by atoms with Crippen molar-refractivity contribution in [1.82, 2.24) is 0 Å². The molecule has 152 valence electrons. The van der Waals surface area contributed by atoms with Gasteiger partial charge in [-0.3, -0.25) is 0 Å². The number of aryl methyl sites for hydroxylation is 1. The molecule has 1 aliphatic rings. The highest BCUT2D eigenvalue weighted by atomic mass is 19.4. The Morgan fingerprint density at radius 3 is 2.07 bits per heavy atom. The van der Waals surface area contributed by atoms with Crippen LogP contribution >= 0.6 is 0 Å². The molecule has 0 heterocycles. The topological polar surface area (TPSA) is 9.23 Å². The van der Waals surface area contributed by atoms with Crippen molar-refractivity contribution in [2.24, 2.45) is 11.8 Å². The quantitative estimate of drug-likeness (QED) is 0.256. The van der Waals surface area contributed by atoms with E-state index < -0.39 is 23.7 Å². The fourth-order valence-electron chi connectivity index (χ4n) is 3.84. The molecule has 2 rings (SSSR count). The molecule has 0 aliphatic heterocycles. The first kappa shape index (κ1) is 21.7. The molecule has 1 fully saturated rings. The summed E-state index contributed by atoms with van der Waals surface area (Å²) in [7, 11) is 0. The predicted molar refractivity (Wildman–Crippen MR) is 95.5 cm³/mol. The van der Waals surface area contributed by atoms with Crippen LogP contribution in [0, 0.1) is 23.5 Å². The van der Waals surface area contributed by atoms with Gasteiger partial charge in [0.05, 0.1) is 0 Å². The maximum Gasteiger partial charge on any atom is 0.573 e. The van der Waals surface area contributed by atoms with E-state index >= 15 is 0 Å². The molecule has 0 atom stereocenters. The third-order valence-electron chi connectivity index (χ3n) is 5.30. The van der Waals surface area contributed by atoms with Crippen LogP contribution in [0.5, 0.6) is 5.75 Å². The van der Waals surface area contributed by atoms with Gasteiger partial charge in [-0.2, -0.15) is 0 Å². The Bertz CT molecular complexity index is 592. The van der Waals surface area contributed by atoms with Crippen LogP contribution in [0.2, 0.25) is 0 Å². The van der Waals surface area contributed by atoms with Gasteiger partial charge in [-0.1, -0.05) is 44.3 Å². The van der Waals surface area contributed by atoms with E-state index in [-0.39, 0.29) is 0 Å². The van der Waals surface area contributed by atoms with Crippen LogP contribution in [0.4, 0.5) is 22.0 Å². The van der Waals surface area contributed by atoms with Gasteiger partial charge in [0.25, 0.3) is 0 Å². The second-order valence-electron chi connectivity index (χ2n) is 7.36. The number of halogens is 5. The van der Waals surface area contributed by atoms with Crippen molar-refractivity contribution in [3.8, 4) is 5.75 Å². The maximum absolute atomic E-state index is 13.8. The van der Waals surface area contributed by atoms with Gasteiger partial charge >= 0.3 is 6.36 Å². The Morgan fingerprint density at radius 2 is 1.56 bits per heavy atom. The van der Waals surface area contributed by atoms with Crippen LogP contribution in [0.1, 0.15) is 63.9 Å². The van der Waals surface area contributed by atoms with Crippen LogP contribution < -0.4 is 4.74 Å². The summed E-state index contributed by atoms with van der Waals surface area (Å²) < 4.78 is 67.5. The summed E-state index contributed by atoms with van der Waals surface area (Å²) in [5.74, 6) is -2.74. The fraction of sp³-hybridized carbons (Fsp3) is 0.619. The number of alkyl halides is 3. The molecule has 0 unspecified atom stereocenters. The van der Waals surface area contributed by atoms with Gasteiger partial charge in [0, 0.05) is 0 Å². The highest BCUT2D eigenvalue weighted by Gasteiger charge is 2.34. The minimum Gasteiger partial charge on any atom is -0.399 e. The number of unbranched alkanes of at least 4 members (excludes halogenated alkanes) is 1. The third kappa shape index (κ3) is 7.51. The number of hydrogen-bond donors (Lipinski definition) is 0. The summed E-state index contributed by atoms with van der Waals surface area (Å²) in [5.41, 5.74) is 0.369. The zero-order chi connectivity index (χ0) is 19.9. The predicted octanol–water partition coefficient (Wildman–Crippen LogP) is 7.35. The summed E-state index contributed by atoms with van der Waals surface area (Å²) in [6.45, 7) is 2.03. The average molecular weight is 390 g/mol. The molecule has 1 saturated carbocycles. The van der Waals surface area contributed by atoms with Gasteiger partial charge in [-0.15, -0.1) is 13.2 Å². The lowest BCUT2D eigenvalue weighted by Gasteiger charge is -2.28. The van der Waals surface area contributed by atoms with Crippen LogP contribution in [-0.2, 0) is 6.42 Å². The molecule has 1 aliphatic carbocycles. The molecule has 0 amide bonds. The monoisotopic (exact) mass is 390 g/mol. The smallest absolute Gasteiger partial charge is 0.399 e. The number of ether oxygens (including phenoxy) is 1. The van der Waals surface area contributed by atoms with Gasteiger partial charge in [0.15, 0.2) is 11.6 Å². The molecular weight excluding hydrogens is 363 g/mol. The average Bonchev–Trinajstić information content (AvgIpc) is 2.60. The van der Waals surface area contributed by atoms with Gasteiger partial charge in [0.1, 0.15) is 0 Å². The Morgan fingerprint density at radius 1 is 1.00 bits per heavy atom. The third-order valence-corrected chi connectivity index (χ3v) is 5.30. The molecule has 0 saturated heterocycles. The number of hydrogen-bond acceptors (Lipinski definition) is 1. The van der Waals surface area contributed by atoms with Gasteiger partial charge in [-0.05, 0) is 62.1 Å². The van der Waals surface area contributed by atoms with E-state index in [4.69, 9.17) is 0 Å². The number of benzene rings is 1. The zero-order valence-electron chi connectivity index (χ0n) is 15.6. The van der Waals surface area contributed by atoms with Crippen molar-refractivity contribution in [1.29, 1.82) is 0 Å². The van der Waals surface area contributed by atoms with E-state index in [2.05, 4.69) is 16.9 Å². The molecule has 0 N–H and O–H groups in total. The van der Waals surface area contributed by atoms with Crippen molar-refractivity contribution in [2.75, 3.05) is 0 Å². The van der Waals surface area contributed by atoms with Crippen molar-refractivity contribution < 1.29 is 26.7 Å². The number of rotatable bonds is 8. The van der Waals surface area contributed by atoms with Crippen LogP contribution in [0.3, 0.4) is 0 Å². The Hall–Kier alpha value is -1.59. The van der Waals surface area contributed by atoms with Crippen molar-refractivity contribution in [3.63, 3.8) is 0 Å². The minimum atomic E-state index is -5.12.